The highest BCUT2D eigenvalue weighted by Crippen LogP contribution is 1.97. The number of carbonyl (C=O) groups excluding carboxylic acids is 3. The molecule has 0 aliphatic carbocycles. The summed E-state index contributed by atoms with van der Waals surface area (Å²) in [6.07, 6.45) is 4.87. The van der Waals surface area contributed by atoms with Gasteiger partial charge >= 0.3 is 0 Å². The fraction of sp³-hybridized carbons (Fsp3) is 0.889. The molecule has 0 aromatic heterocycles. The van der Waals surface area contributed by atoms with Crippen LogP contribution in [0, 0.1) is 0 Å². The van der Waals surface area contributed by atoms with Crippen LogP contribution in [0.1, 0.15) is 59.3 Å². The van der Waals surface area contributed by atoms with Crippen molar-refractivity contribution in [2.45, 2.75) is 59.3 Å². The smallest absolute Gasteiger partial charge is 0.234 e. The average molecular weight is 560 g/mol. The number of hydrogen-bond acceptors (Lipinski definition) is 10. The zero-order valence-corrected chi connectivity index (χ0v) is 25.2. The molecule has 0 heterocycles. The fourth-order valence-corrected chi connectivity index (χ4v) is 3.96. The van der Waals surface area contributed by atoms with Crippen molar-refractivity contribution in [1.29, 1.82) is 0 Å². The molecule has 0 spiro atoms. The third-order valence-electron chi connectivity index (χ3n) is 5.84. The molecule has 0 aromatic carbocycles. The highest BCUT2D eigenvalue weighted by molar-refractivity contribution is 5.78. The van der Waals surface area contributed by atoms with Crippen molar-refractivity contribution in [1.82, 2.24) is 25.3 Å². The number of ketones is 1. The van der Waals surface area contributed by atoms with Crippen LogP contribution in [0.15, 0.2) is 0 Å². The van der Waals surface area contributed by atoms with Crippen molar-refractivity contribution < 1.29 is 14.4 Å². The molecule has 0 fully saturated rings. The minimum absolute atomic E-state index is 0.0122. The van der Waals surface area contributed by atoms with E-state index in [9.17, 15) is 14.4 Å². The van der Waals surface area contributed by atoms with Gasteiger partial charge in [0.25, 0.3) is 0 Å². The number of rotatable bonds is 26. The van der Waals surface area contributed by atoms with Crippen molar-refractivity contribution >= 4 is 17.6 Å². The second-order valence-corrected chi connectivity index (χ2v) is 9.51. The summed E-state index contributed by atoms with van der Waals surface area (Å²) in [5, 5.41) is 5.94. The topological polar surface area (TPSA) is 189 Å². The zero-order chi connectivity index (χ0) is 29.7. The van der Waals surface area contributed by atoms with Crippen LogP contribution in [-0.2, 0) is 14.4 Å². The second kappa shape index (κ2) is 29.3. The summed E-state index contributed by atoms with van der Waals surface area (Å²) in [4.78, 5) is 42.6. The molecule has 0 rings (SSSR count). The molecule has 0 aliphatic rings. The molecule has 0 saturated heterocycles. The standard InChI is InChI=1S/C25H55N9O3.C2H6/c1-23(35)20-32(18-6-12-30-24(36)21-33(14-2-8-26)15-3-9-27)19-7-13-31-25(37)22-34(16-4-10-28)17-5-11-29;1-2/h2-22,26-29H2,1H3,(H,30,36)(H,31,37);1-2H3. The lowest BCUT2D eigenvalue weighted by molar-refractivity contribution is -0.123. The van der Waals surface area contributed by atoms with Gasteiger partial charge in [0.2, 0.25) is 11.8 Å². The quantitative estimate of drug-likeness (QED) is 0.0711. The molecule has 0 aliphatic heterocycles. The summed E-state index contributed by atoms with van der Waals surface area (Å²) in [5.41, 5.74) is 22.4. The number of amides is 2. The first kappa shape index (κ1) is 39.5. The highest BCUT2D eigenvalue weighted by atomic mass is 16.2. The minimum Gasteiger partial charge on any atom is -0.355 e. The van der Waals surface area contributed by atoms with Crippen molar-refractivity contribution in [3.63, 3.8) is 0 Å². The summed E-state index contributed by atoms with van der Waals surface area (Å²) in [6.45, 7) is 14.6. The molecule has 12 heteroatoms. The van der Waals surface area contributed by atoms with Gasteiger partial charge in [-0.3, -0.25) is 29.1 Å². The Labute approximate surface area is 237 Å². The third kappa shape index (κ3) is 26.3. The molecule has 0 aromatic rings. The zero-order valence-electron chi connectivity index (χ0n) is 25.2. The Hall–Kier alpha value is -1.67. The van der Waals surface area contributed by atoms with Crippen LogP contribution in [0.25, 0.3) is 0 Å². The predicted octanol–water partition coefficient (Wildman–Crippen LogP) is -1.08. The SMILES string of the molecule is CC.CC(=O)CN(CCCNC(=O)CN(CCCN)CCCN)CCCNC(=O)CN(CCCN)CCCN. The molecular weight excluding hydrogens is 498 g/mol. The maximum Gasteiger partial charge on any atom is 0.234 e. The van der Waals surface area contributed by atoms with Crippen molar-refractivity contribution in [2.75, 3.05) is 98.2 Å². The van der Waals surface area contributed by atoms with Crippen LogP contribution in [0.5, 0.6) is 0 Å². The molecule has 12 nitrogen and oxygen atoms in total. The molecule has 0 radical (unpaired) electrons. The Morgan fingerprint density at radius 1 is 0.513 bits per heavy atom. The van der Waals surface area contributed by atoms with E-state index in [0.29, 0.717) is 72.0 Å². The first-order valence-corrected chi connectivity index (χ1v) is 14.9. The van der Waals surface area contributed by atoms with Crippen molar-refractivity contribution in [2.24, 2.45) is 22.9 Å². The van der Waals surface area contributed by atoms with Crippen molar-refractivity contribution in [3.8, 4) is 0 Å². The van der Waals surface area contributed by atoms with E-state index in [1.165, 1.54) is 0 Å². The summed E-state index contributed by atoms with van der Waals surface area (Å²) in [5.74, 6) is 0.0719. The number of Topliss-reactive ketones (excluding diaryl/α,β-unsaturated/α-hetero) is 1. The van der Waals surface area contributed by atoms with Gasteiger partial charge in [-0.1, -0.05) is 13.8 Å². The lowest BCUT2D eigenvalue weighted by Gasteiger charge is -2.23. The van der Waals surface area contributed by atoms with E-state index >= 15 is 0 Å². The van der Waals surface area contributed by atoms with Gasteiger partial charge in [0, 0.05) is 26.2 Å². The van der Waals surface area contributed by atoms with Gasteiger partial charge in [-0.25, -0.2) is 0 Å². The Bertz CT molecular complexity index is 539. The number of nitrogens with two attached hydrogens (primary N) is 4. The van der Waals surface area contributed by atoms with E-state index in [4.69, 9.17) is 22.9 Å². The van der Waals surface area contributed by atoms with Crippen LogP contribution in [0.2, 0.25) is 0 Å². The maximum atomic E-state index is 12.3. The highest BCUT2D eigenvalue weighted by Gasteiger charge is 2.12. The molecule has 0 atom stereocenters. The van der Waals surface area contributed by atoms with E-state index in [1.54, 1.807) is 6.92 Å². The Balaban J connectivity index is 0. The Morgan fingerprint density at radius 2 is 0.795 bits per heavy atom. The number of carbonyl (C=O) groups is 3. The van der Waals surface area contributed by atoms with Gasteiger partial charge in [-0.15, -0.1) is 0 Å². The molecule has 10 N–H and O–H groups in total. The van der Waals surface area contributed by atoms with Crippen LogP contribution < -0.4 is 33.6 Å². The van der Waals surface area contributed by atoms with Crippen LogP contribution in [0.3, 0.4) is 0 Å². The lowest BCUT2D eigenvalue weighted by Crippen LogP contribution is -2.41. The first-order chi connectivity index (χ1) is 18.9. The van der Waals surface area contributed by atoms with Gasteiger partial charge in [-0.05, 0) is 97.8 Å². The van der Waals surface area contributed by atoms with E-state index in [-0.39, 0.29) is 17.6 Å². The Morgan fingerprint density at radius 3 is 1.08 bits per heavy atom. The number of nitrogens with zero attached hydrogens (tertiary/aromatic N) is 3. The molecule has 0 bridgehead atoms. The molecule has 0 unspecified atom stereocenters. The molecule has 2 amide bonds. The molecule has 232 valence electrons. The molecule has 39 heavy (non-hydrogen) atoms. The van der Waals surface area contributed by atoms with Gasteiger partial charge < -0.3 is 33.6 Å². The van der Waals surface area contributed by atoms with Gasteiger partial charge in [0.1, 0.15) is 5.78 Å². The summed E-state index contributed by atoms with van der Waals surface area (Å²) in [7, 11) is 0. The van der Waals surface area contributed by atoms with Crippen LogP contribution in [0.4, 0.5) is 0 Å². The van der Waals surface area contributed by atoms with Crippen LogP contribution >= 0.6 is 0 Å². The maximum absolute atomic E-state index is 12.3. The van der Waals surface area contributed by atoms with E-state index in [1.807, 2.05) is 13.8 Å². The monoisotopic (exact) mass is 559 g/mol. The lowest BCUT2D eigenvalue weighted by atomic mass is 10.3. The third-order valence-corrected chi connectivity index (χ3v) is 5.84. The summed E-state index contributed by atoms with van der Waals surface area (Å²) in [6, 6.07) is 0. The minimum atomic E-state index is -0.0122. The number of nitrogens with one attached hydrogen (secondary N) is 2. The van der Waals surface area contributed by atoms with E-state index in [0.717, 1.165) is 64.7 Å². The number of hydrogen-bond donors (Lipinski definition) is 6. The first-order valence-electron chi connectivity index (χ1n) is 14.9. The van der Waals surface area contributed by atoms with Crippen LogP contribution in [-0.4, -0.2) is 130 Å². The van der Waals surface area contributed by atoms with Gasteiger partial charge in [0.05, 0.1) is 19.6 Å². The Kier molecular flexibility index (Phi) is 29.7. The largest absolute Gasteiger partial charge is 0.355 e. The predicted molar refractivity (Wildman–Crippen MR) is 161 cm³/mol. The van der Waals surface area contributed by atoms with Gasteiger partial charge in [-0.2, -0.15) is 0 Å². The molecule has 0 saturated carbocycles. The normalized spacial score (nSPS) is 11.0. The second-order valence-electron chi connectivity index (χ2n) is 9.51. The van der Waals surface area contributed by atoms with Crippen molar-refractivity contribution in [3.05, 3.63) is 0 Å². The fourth-order valence-electron chi connectivity index (χ4n) is 3.96. The van der Waals surface area contributed by atoms with E-state index < -0.39 is 0 Å². The average Bonchev–Trinajstić information content (AvgIpc) is 2.92. The van der Waals surface area contributed by atoms with E-state index in [2.05, 4.69) is 25.3 Å². The summed E-state index contributed by atoms with van der Waals surface area (Å²) >= 11 is 0. The molecular formula is C27H61N9O3. The summed E-state index contributed by atoms with van der Waals surface area (Å²) < 4.78 is 0. The van der Waals surface area contributed by atoms with Gasteiger partial charge in [0.15, 0.2) is 0 Å².